The fourth-order valence-electron chi connectivity index (χ4n) is 3.87. The molecule has 0 aromatic heterocycles. The van der Waals surface area contributed by atoms with Gasteiger partial charge < -0.3 is 19.5 Å². The van der Waals surface area contributed by atoms with E-state index in [1.165, 1.54) is 95.1 Å². The molecule has 0 aliphatic rings. The number of hydrogen-bond acceptors (Lipinski definition) is 8. The van der Waals surface area contributed by atoms with Crippen molar-refractivity contribution in [2.75, 3.05) is 42.7 Å². The number of sulfonamides is 2. The molecule has 0 spiro atoms. The van der Waals surface area contributed by atoms with E-state index in [4.69, 9.17) is 14.2 Å². The van der Waals surface area contributed by atoms with E-state index >= 15 is 0 Å². The van der Waals surface area contributed by atoms with Gasteiger partial charge in [0.15, 0.2) is 0 Å². The van der Waals surface area contributed by atoms with Crippen molar-refractivity contribution in [3.8, 4) is 17.2 Å². The van der Waals surface area contributed by atoms with Crippen LogP contribution < -0.4 is 28.6 Å². The second kappa shape index (κ2) is 12.4. The summed E-state index contributed by atoms with van der Waals surface area (Å²) in [6, 6.07) is 22.4. The van der Waals surface area contributed by atoms with Crippen molar-refractivity contribution in [3.05, 3.63) is 96.6 Å². The van der Waals surface area contributed by atoms with Crippen LogP contribution >= 0.6 is 0 Å². The van der Waals surface area contributed by atoms with Crippen LogP contribution in [0.2, 0.25) is 0 Å². The number of benzene rings is 4. The first kappa shape index (κ1) is 30.2. The van der Waals surface area contributed by atoms with E-state index in [2.05, 4.69) is 10.0 Å². The third kappa shape index (κ3) is 6.58. The summed E-state index contributed by atoms with van der Waals surface area (Å²) in [5.74, 6) is 0.876. The van der Waals surface area contributed by atoms with Crippen molar-refractivity contribution < 1.29 is 35.8 Å². The molecular formula is C29H29N3O8S2. The minimum atomic E-state index is -3.96. The second-order valence-corrected chi connectivity index (χ2v) is 12.5. The fourth-order valence-corrected chi connectivity index (χ4v) is 6.14. The molecule has 0 heterocycles. The minimum Gasteiger partial charge on any atom is -0.497 e. The average Bonchev–Trinajstić information content (AvgIpc) is 3.01. The van der Waals surface area contributed by atoms with Crippen LogP contribution in [0, 0.1) is 0 Å². The van der Waals surface area contributed by atoms with Gasteiger partial charge in [0, 0.05) is 24.4 Å². The van der Waals surface area contributed by atoms with Crippen molar-refractivity contribution >= 4 is 43.0 Å². The van der Waals surface area contributed by atoms with Gasteiger partial charge in [-0.3, -0.25) is 13.8 Å². The van der Waals surface area contributed by atoms with Crippen LogP contribution in [-0.2, 0) is 20.0 Å². The van der Waals surface area contributed by atoms with Crippen LogP contribution in [-0.4, -0.2) is 51.1 Å². The third-order valence-corrected chi connectivity index (χ3v) is 9.47. The van der Waals surface area contributed by atoms with Gasteiger partial charge >= 0.3 is 0 Å². The Labute approximate surface area is 244 Å². The van der Waals surface area contributed by atoms with E-state index in [1.807, 2.05) is 0 Å². The average molecular weight is 612 g/mol. The molecule has 0 saturated carbocycles. The number of ether oxygens (including phenoxy) is 3. The van der Waals surface area contributed by atoms with Crippen molar-refractivity contribution in [3.63, 3.8) is 0 Å². The van der Waals surface area contributed by atoms with Crippen molar-refractivity contribution in [2.45, 2.75) is 9.79 Å². The Hall–Kier alpha value is -4.75. The summed E-state index contributed by atoms with van der Waals surface area (Å²) in [5, 5.41) is 2.70. The number of hydrogen-bond donors (Lipinski definition) is 2. The Balaban J connectivity index is 1.43. The van der Waals surface area contributed by atoms with Crippen LogP contribution in [0.3, 0.4) is 0 Å². The molecule has 4 rings (SSSR count). The van der Waals surface area contributed by atoms with Gasteiger partial charge in [0.05, 0.1) is 42.5 Å². The number of methoxy groups -OCH3 is 3. The van der Waals surface area contributed by atoms with Gasteiger partial charge in [-0.15, -0.1) is 0 Å². The zero-order valence-corrected chi connectivity index (χ0v) is 24.8. The number of rotatable bonds is 11. The summed E-state index contributed by atoms with van der Waals surface area (Å²) < 4.78 is 70.9. The number of nitrogens with zero attached hydrogens (tertiary/aromatic N) is 1. The minimum absolute atomic E-state index is 0.0242. The van der Waals surface area contributed by atoms with E-state index in [0.29, 0.717) is 22.9 Å². The summed E-state index contributed by atoms with van der Waals surface area (Å²) in [6.45, 7) is 0. The standard InChI is InChI=1S/C29H29N3O8S2/c1-32(42(36,37)26-16-11-23(38-2)12-17-26)22-9-5-20(6-10-22)29(33)30-21-7-14-25(15-8-21)41(34,35)31-27-18-13-24(39-3)19-28(27)40-4/h5-19,31H,1-4H3,(H,30,33). The maximum atomic E-state index is 13.0. The monoisotopic (exact) mass is 611 g/mol. The number of anilines is 3. The SMILES string of the molecule is COc1ccc(S(=O)(=O)N(C)c2ccc(C(=O)Nc3ccc(S(=O)(=O)Nc4ccc(OC)cc4OC)cc3)cc2)cc1. The van der Waals surface area contributed by atoms with E-state index in [1.54, 1.807) is 24.3 Å². The van der Waals surface area contributed by atoms with Crippen LogP contribution in [0.1, 0.15) is 10.4 Å². The van der Waals surface area contributed by atoms with Gasteiger partial charge in [-0.1, -0.05) is 0 Å². The van der Waals surface area contributed by atoms with Crippen LogP contribution in [0.25, 0.3) is 0 Å². The number of carbonyl (C=O) groups excluding carboxylic acids is 1. The summed E-state index contributed by atoms with van der Waals surface area (Å²) in [6.07, 6.45) is 0. The number of carbonyl (C=O) groups is 1. The Kier molecular flexibility index (Phi) is 8.93. The highest BCUT2D eigenvalue weighted by Crippen LogP contribution is 2.31. The molecule has 2 N–H and O–H groups in total. The smallest absolute Gasteiger partial charge is 0.264 e. The molecule has 42 heavy (non-hydrogen) atoms. The highest BCUT2D eigenvalue weighted by atomic mass is 32.2. The molecule has 1 amide bonds. The van der Waals surface area contributed by atoms with Crippen LogP contribution in [0.5, 0.6) is 17.2 Å². The summed E-state index contributed by atoms with van der Waals surface area (Å²) >= 11 is 0. The topological polar surface area (TPSA) is 140 Å². The molecule has 0 bridgehead atoms. The van der Waals surface area contributed by atoms with Crippen molar-refractivity contribution in [2.24, 2.45) is 0 Å². The molecule has 11 nitrogen and oxygen atoms in total. The third-order valence-electron chi connectivity index (χ3n) is 6.29. The second-order valence-electron chi connectivity index (χ2n) is 8.85. The molecule has 0 unspecified atom stereocenters. The largest absolute Gasteiger partial charge is 0.497 e. The summed E-state index contributed by atoms with van der Waals surface area (Å²) in [5.41, 5.74) is 1.24. The van der Waals surface area contributed by atoms with Gasteiger partial charge in [0.25, 0.3) is 26.0 Å². The van der Waals surface area contributed by atoms with Gasteiger partial charge in [-0.2, -0.15) is 0 Å². The first-order valence-corrected chi connectivity index (χ1v) is 15.3. The molecule has 0 aliphatic carbocycles. The lowest BCUT2D eigenvalue weighted by Crippen LogP contribution is -2.26. The maximum absolute atomic E-state index is 13.0. The highest BCUT2D eigenvalue weighted by Gasteiger charge is 2.22. The molecular weight excluding hydrogens is 582 g/mol. The molecule has 0 saturated heterocycles. The quantitative estimate of drug-likeness (QED) is 0.251. The normalized spacial score (nSPS) is 11.3. The first-order valence-electron chi connectivity index (χ1n) is 12.4. The molecule has 0 aliphatic heterocycles. The molecule has 13 heteroatoms. The van der Waals surface area contributed by atoms with Crippen LogP contribution in [0.15, 0.2) is 101 Å². The van der Waals surface area contributed by atoms with E-state index in [9.17, 15) is 21.6 Å². The van der Waals surface area contributed by atoms with Crippen molar-refractivity contribution in [1.29, 1.82) is 0 Å². The molecule has 0 atom stereocenters. The molecule has 0 fully saturated rings. The summed E-state index contributed by atoms with van der Waals surface area (Å²) in [4.78, 5) is 12.9. The lowest BCUT2D eigenvalue weighted by molar-refractivity contribution is 0.102. The Morgan fingerprint density at radius 2 is 1.26 bits per heavy atom. The molecule has 4 aromatic rings. The maximum Gasteiger partial charge on any atom is 0.264 e. The van der Waals surface area contributed by atoms with E-state index < -0.39 is 26.0 Å². The predicted molar refractivity (Wildman–Crippen MR) is 160 cm³/mol. The van der Waals surface area contributed by atoms with E-state index in [-0.39, 0.29) is 26.8 Å². The van der Waals surface area contributed by atoms with E-state index in [0.717, 1.165) is 4.31 Å². The highest BCUT2D eigenvalue weighted by molar-refractivity contribution is 7.93. The van der Waals surface area contributed by atoms with Crippen LogP contribution in [0.4, 0.5) is 17.1 Å². The predicted octanol–water partition coefficient (Wildman–Crippen LogP) is 4.59. The lowest BCUT2D eigenvalue weighted by Gasteiger charge is -2.20. The summed E-state index contributed by atoms with van der Waals surface area (Å²) in [7, 11) is -1.97. The molecule has 4 aromatic carbocycles. The Morgan fingerprint density at radius 1 is 0.690 bits per heavy atom. The zero-order valence-electron chi connectivity index (χ0n) is 23.2. The van der Waals surface area contributed by atoms with Gasteiger partial charge in [-0.05, 0) is 84.9 Å². The lowest BCUT2D eigenvalue weighted by atomic mass is 10.2. The zero-order chi connectivity index (χ0) is 30.5. The number of amides is 1. The van der Waals surface area contributed by atoms with Gasteiger partial charge in [-0.25, -0.2) is 16.8 Å². The fraction of sp³-hybridized carbons (Fsp3) is 0.138. The Morgan fingerprint density at radius 3 is 1.83 bits per heavy atom. The first-order chi connectivity index (χ1) is 20.0. The number of nitrogens with one attached hydrogen (secondary N) is 2. The van der Waals surface area contributed by atoms with Gasteiger partial charge in [0.1, 0.15) is 17.2 Å². The molecule has 0 radical (unpaired) electrons. The Bertz CT molecular complexity index is 1770. The van der Waals surface area contributed by atoms with Gasteiger partial charge in [0.2, 0.25) is 0 Å². The van der Waals surface area contributed by atoms with Crippen molar-refractivity contribution in [1.82, 2.24) is 0 Å². The molecule has 220 valence electrons.